The molecule has 1 heterocycles. The SMILES string of the molecule is CCOC(=O)c1cncn(NC(C)=O)c1=O. The maximum absolute atomic E-state index is 11.6. The minimum Gasteiger partial charge on any atom is -0.462 e. The number of rotatable bonds is 3. The molecule has 0 aromatic carbocycles. The third-order valence-electron chi connectivity index (χ3n) is 1.61. The summed E-state index contributed by atoms with van der Waals surface area (Å²) in [6, 6.07) is 0. The summed E-state index contributed by atoms with van der Waals surface area (Å²) >= 11 is 0. The van der Waals surface area contributed by atoms with E-state index in [1.807, 2.05) is 0 Å². The van der Waals surface area contributed by atoms with Crippen molar-refractivity contribution >= 4 is 11.9 Å². The highest BCUT2D eigenvalue weighted by Crippen LogP contribution is 1.92. The highest BCUT2D eigenvalue weighted by Gasteiger charge is 2.14. The van der Waals surface area contributed by atoms with Gasteiger partial charge in [-0.1, -0.05) is 0 Å². The Balaban J connectivity index is 3.08. The van der Waals surface area contributed by atoms with E-state index < -0.39 is 17.4 Å². The molecule has 0 aliphatic carbocycles. The number of carbonyl (C=O) groups excluding carboxylic acids is 2. The van der Waals surface area contributed by atoms with Gasteiger partial charge < -0.3 is 4.74 Å². The van der Waals surface area contributed by atoms with E-state index in [0.717, 1.165) is 17.2 Å². The van der Waals surface area contributed by atoms with Gasteiger partial charge in [-0.25, -0.2) is 14.5 Å². The average molecular weight is 225 g/mol. The molecule has 7 nitrogen and oxygen atoms in total. The summed E-state index contributed by atoms with van der Waals surface area (Å²) in [6.45, 7) is 3.03. The second kappa shape index (κ2) is 5.06. The Hall–Kier alpha value is -2.18. The third kappa shape index (κ3) is 2.66. The van der Waals surface area contributed by atoms with Crippen molar-refractivity contribution in [2.24, 2.45) is 0 Å². The highest BCUT2D eigenvalue weighted by atomic mass is 16.5. The molecule has 1 N–H and O–H groups in total. The number of carbonyl (C=O) groups is 2. The molecule has 0 aliphatic heterocycles. The summed E-state index contributed by atoms with van der Waals surface area (Å²) in [4.78, 5) is 37.4. The lowest BCUT2D eigenvalue weighted by Crippen LogP contribution is -2.35. The molecule has 0 atom stereocenters. The van der Waals surface area contributed by atoms with Crippen LogP contribution in [0.15, 0.2) is 17.3 Å². The summed E-state index contributed by atoms with van der Waals surface area (Å²) in [5.74, 6) is -1.20. The normalized spacial score (nSPS) is 9.62. The van der Waals surface area contributed by atoms with Crippen LogP contribution < -0.4 is 11.0 Å². The Morgan fingerprint density at radius 1 is 1.56 bits per heavy atom. The zero-order valence-corrected chi connectivity index (χ0v) is 8.89. The molecule has 0 saturated heterocycles. The Labute approximate surface area is 91.0 Å². The van der Waals surface area contributed by atoms with Gasteiger partial charge in [0.05, 0.1) is 6.61 Å². The van der Waals surface area contributed by atoms with E-state index >= 15 is 0 Å². The fourth-order valence-electron chi connectivity index (χ4n) is 1.01. The van der Waals surface area contributed by atoms with E-state index in [2.05, 4.69) is 15.1 Å². The predicted molar refractivity (Wildman–Crippen MR) is 54.5 cm³/mol. The number of hydrogen-bond donors (Lipinski definition) is 1. The first-order valence-corrected chi connectivity index (χ1v) is 4.57. The van der Waals surface area contributed by atoms with Crippen molar-refractivity contribution in [3.8, 4) is 0 Å². The smallest absolute Gasteiger partial charge is 0.345 e. The molecule has 0 spiro atoms. The van der Waals surface area contributed by atoms with Crippen LogP contribution in [0, 0.1) is 0 Å². The van der Waals surface area contributed by atoms with Crippen LogP contribution in [0.2, 0.25) is 0 Å². The summed E-state index contributed by atoms with van der Waals surface area (Å²) < 4.78 is 5.49. The van der Waals surface area contributed by atoms with Gasteiger partial charge in [0.2, 0.25) is 5.91 Å². The van der Waals surface area contributed by atoms with Crippen molar-refractivity contribution in [3.63, 3.8) is 0 Å². The molecule has 1 rings (SSSR count). The fourth-order valence-corrected chi connectivity index (χ4v) is 1.01. The predicted octanol–water partition coefficient (Wildman–Crippen LogP) is -0.490. The molecule has 86 valence electrons. The Morgan fingerprint density at radius 2 is 2.25 bits per heavy atom. The lowest BCUT2D eigenvalue weighted by atomic mass is 10.3. The largest absolute Gasteiger partial charge is 0.462 e. The second-order valence-corrected chi connectivity index (χ2v) is 2.87. The third-order valence-corrected chi connectivity index (χ3v) is 1.61. The zero-order valence-electron chi connectivity index (χ0n) is 8.89. The van der Waals surface area contributed by atoms with E-state index in [1.165, 1.54) is 6.92 Å². The summed E-state index contributed by atoms with van der Waals surface area (Å²) in [5, 5.41) is 0. The van der Waals surface area contributed by atoms with Crippen LogP contribution in [0.1, 0.15) is 24.2 Å². The lowest BCUT2D eigenvalue weighted by Gasteiger charge is -2.06. The molecule has 0 unspecified atom stereocenters. The Kier molecular flexibility index (Phi) is 3.76. The standard InChI is InChI=1S/C9H11N3O4/c1-3-16-9(15)7-4-10-5-12(8(7)14)11-6(2)13/h4-5H,3H2,1-2H3,(H,11,13). The number of nitrogens with one attached hydrogen (secondary N) is 1. The number of ether oxygens (including phenoxy) is 1. The summed E-state index contributed by atoms with van der Waals surface area (Å²) in [5.41, 5.74) is 1.30. The molecular weight excluding hydrogens is 214 g/mol. The quantitative estimate of drug-likeness (QED) is 0.701. The Morgan fingerprint density at radius 3 is 2.81 bits per heavy atom. The fraction of sp³-hybridized carbons (Fsp3) is 0.333. The zero-order chi connectivity index (χ0) is 12.1. The van der Waals surface area contributed by atoms with E-state index in [0.29, 0.717) is 0 Å². The first-order chi connectivity index (χ1) is 7.56. The van der Waals surface area contributed by atoms with E-state index in [9.17, 15) is 14.4 Å². The van der Waals surface area contributed by atoms with Crippen LogP contribution in [0.5, 0.6) is 0 Å². The number of hydrogen-bond acceptors (Lipinski definition) is 5. The van der Waals surface area contributed by atoms with E-state index in [4.69, 9.17) is 0 Å². The van der Waals surface area contributed by atoms with Crippen LogP contribution in [0.3, 0.4) is 0 Å². The summed E-state index contributed by atoms with van der Waals surface area (Å²) in [7, 11) is 0. The van der Waals surface area contributed by atoms with Crippen molar-refractivity contribution < 1.29 is 14.3 Å². The van der Waals surface area contributed by atoms with Gasteiger partial charge in [0.25, 0.3) is 5.56 Å². The van der Waals surface area contributed by atoms with Gasteiger partial charge in [-0.05, 0) is 6.92 Å². The maximum Gasteiger partial charge on any atom is 0.345 e. The van der Waals surface area contributed by atoms with Gasteiger partial charge in [0.1, 0.15) is 11.9 Å². The molecule has 0 bridgehead atoms. The molecule has 1 aromatic rings. The van der Waals surface area contributed by atoms with Crippen LogP contribution in [0.4, 0.5) is 0 Å². The van der Waals surface area contributed by atoms with Crippen molar-refractivity contribution in [1.82, 2.24) is 9.66 Å². The van der Waals surface area contributed by atoms with Crippen molar-refractivity contribution in [2.75, 3.05) is 12.0 Å². The van der Waals surface area contributed by atoms with Gasteiger partial charge >= 0.3 is 5.97 Å². The van der Waals surface area contributed by atoms with E-state index in [1.54, 1.807) is 6.92 Å². The van der Waals surface area contributed by atoms with Gasteiger partial charge in [-0.3, -0.25) is 15.0 Å². The number of amides is 1. The number of aromatic nitrogens is 2. The molecule has 1 aromatic heterocycles. The monoisotopic (exact) mass is 225 g/mol. The highest BCUT2D eigenvalue weighted by molar-refractivity contribution is 5.88. The second-order valence-electron chi connectivity index (χ2n) is 2.87. The molecule has 0 aliphatic rings. The van der Waals surface area contributed by atoms with Gasteiger partial charge in [0, 0.05) is 13.1 Å². The lowest BCUT2D eigenvalue weighted by molar-refractivity contribution is -0.115. The maximum atomic E-state index is 11.6. The van der Waals surface area contributed by atoms with Crippen molar-refractivity contribution in [3.05, 3.63) is 28.4 Å². The number of nitrogens with zero attached hydrogens (tertiary/aromatic N) is 2. The van der Waals surface area contributed by atoms with Crippen LogP contribution in [-0.2, 0) is 9.53 Å². The minimum absolute atomic E-state index is 0.160. The van der Waals surface area contributed by atoms with E-state index in [-0.39, 0.29) is 12.2 Å². The molecule has 7 heteroatoms. The summed E-state index contributed by atoms with van der Waals surface area (Å²) in [6.07, 6.45) is 2.20. The minimum atomic E-state index is -0.764. The van der Waals surface area contributed by atoms with Gasteiger partial charge in [-0.15, -0.1) is 0 Å². The topological polar surface area (TPSA) is 90.3 Å². The average Bonchev–Trinajstić information content (AvgIpc) is 2.21. The molecule has 16 heavy (non-hydrogen) atoms. The Bertz CT molecular complexity index is 466. The van der Waals surface area contributed by atoms with Gasteiger partial charge in [0.15, 0.2) is 0 Å². The van der Waals surface area contributed by atoms with Crippen molar-refractivity contribution in [2.45, 2.75) is 13.8 Å². The van der Waals surface area contributed by atoms with Crippen LogP contribution in [0.25, 0.3) is 0 Å². The molecule has 0 fully saturated rings. The first-order valence-electron chi connectivity index (χ1n) is 4.57. The van der Waals surface area contributed by atoms with Gasteiger partial charge in [-0.2, -0.15) is 0 Å². The molecular formula is C9H11N3O4. The molecule has 1 amide bonds. The molecule has 0 radical (unpaired) electrons. The molecule has 0 saturated carbocycles. The van der Waals surface area contributed by atoms with Crippen LogP contribution >= 0.6 is 0 Å². The van der Waals surface area contributed by atoms with Crippen molar-refractivity contribution in [1.29, 1.82) is 0 Å². The van der Waals surface area contributed by atoms with Crippen LogP contribution in [-0.4, -0.2) is 28.1 Å². The first kappa shape index (κ1) is 11.9. The number of esters is 1.